The monoisotopic (exact) mass is 975 g/mol. The van der Waals surface area contributed by atoms with Gasteiger partial charge in [0.2, 0.25) is 0 Å². The number of ether oxygens (including phenoxy) is 11. The van der Waals surface area contributed by atoms with Gasteiger partial charge in [0.1, 0.15) is 36.1 Å². The average molecular weight is 975 g/mol. The Bertz CT molecular complexity index is 1930. The molecule has 0 saturated carbocycles. The fraction of sp³-hybridized carbons (Fsp3) is 0.788. The predicted molar refractivity (Wildman–Crippen MR) is 248 cm³/mol. The van der Waals surface area contributed by atoms with Gasteiger partial charge in [-0.05, 0) is 56.6 Å². The number of allylic oxidation sites excluding steroid dienone is 2. The highest BCUT2D eigenvalue weighted by atomic mass is 16.7. The van der Waals surface area contributed by atoms with E-state index in [0.29, 0.717) is 50.0 Å². The van der Waals surface area contributed by atoms with Crippen LogP contribution in [0.15, 0.2) is 47.1 Å². The highest BCUT2D eigenvalue weighted by Gasteiger charge is 2.60. The maximum Gasteiger partial charge on any atom is 0.337 e. The molecule has 1 spiro atoms. The molecule has 20 atom stereocenters. The third-order valence-corrected chi connectivity index (χ3v) is 15.7. The van der Waals surface area contributed by atoms with Gasteiger partial charge >= 0.3 is 17.9 Å². The van der Waals surface area contributed by atoms with Gasteiger partial charge in [-0.15, -0.1) is 0 Å². The third kappa shape index (κ3) is 11.9. The van der Waals surface area contributed by atoms with E-state index in [-0.39, 0.29) is 36.5 Å². The van der Waals surface area contributed by atoms with Gasteiger partial charge in [0, 0.05) is 58.2 Å². The molecule has 2 bridgehead atoms. The number of fused-ring (bicyclic) bond motifs is 2. The van der Waals surface area contributed by atoms with Crippen LogP contribution in [0.25, 0.3) is 0 Å². The largest absolute Gasteiger partial charge is 0.481 e. The Morgan fingerprint density at radius 2 is 1.62 bits per heavy atom. The summed E-state index contributed by atoms with van der Waals surface area (Å²) in [5.74, 6) is -3.91. The fourth-order valence-corrected chi connectivity index (χ4v) is 11.5. The number of carbonyl (C=O) groups excluding carboxylic acids is 2. The Balaban J connectivity index is 1.20. The summed E-state index contributed by atoms with van der Waals surface area (Å²) in [6.07, 6.45) is 4.39. The van der Waals surface area contributed by atoms with Crippen LogP contribution in [-0.4, -0.2) is 151 Å². The number of esters is 2. The van der Waals surface area contributed by atoms with E-state index >= 15 is 0 Å². The number of hydrogen-bond donors (Lipinski definition) is 3. The maximum atomic E-state index is 14.7. The summed E-state index contributed by atoms with van der Waals surface area (Å²) >= 11 is 0. The standard InChI is InChI=1S/C52H78O17/c1-11-27(2)46-30(5)19-20-51(69-46)25-36-22-35(68-51)16-15-29(4)45(66-43-24-39(60-10)48(33(8)63-43)67-42-23-38(59-9)44(56)32(7)62-42)28(3)13-12-14-34-26-61-49-47(65-41(55)18-17-40(53)54)31(6)21-37(50(57)64-36)52(34,49)58/h12-15,21,27-28,30-33,35-36,38-39,42-49,56,58H,11,16-20,22-26H2,1-10H3,(H,53,54)/b13-12+,29-15+,34-14+/t27-,28-,30-,31?,32-,33-,35+,36-,38-,39-,42-,43-,44-,45-,46+,47+,48-,49+,51+,52+/m0/s1. The molecule has 7 aliphatic rings. The van der Waals surface area contributed by atoms with E-state index in [4.69, 9.17) is 52.1 Å². The molecule has 5 saturated heterocycles. The van der Waals surface area contributed by atoms with E-state index in [0.717, 1.165) is 18.4 Å². The molecule has 1 unspecified atom stereocenters. The minimum absolute atomic E-state index is 0.0148. The van der Waals surface area contributed by atoms with Crippen molar-refractivity contribution in [1.82, 2.24) is 0 Å². The van der Waals surface area contributed by atoms with E-state index in [1.165, 1.54) is 0 Å². The summed E-state index contributed by atoms with van der Waals surface area (Å²) in [6.45, 7) is 16.0. The van der Waals surface area contributed by atoms with Gasteiger partial charge in [0.15, 0.2) is 18.4 Å². The van der Waals surface area contributed by atoms with E-state index < -0.39 is 121 Å². The zero-order valence-corrected chi connectivity index (χ0v) is 42.1. The van der Waals surface area contributed by atoms with E-state index in [2.05, 4.69) is 26.8 Å². The molecular formula is C52H78O17. The topological polar surface area (TPSA) is 213 Å². The van der Waals surface area contributed by atoms with Crippen molar-refractivity contribution >= 4 is 17.9 Å². The molecule has 0 aromatic heterocycles. The van der Waals surface area contributed by atoms with Crippen LogP contribution in [0.2, 0.25) is 0 Å². The molecule has 0 aromatic rings. The minimum atomic E-state index is -2.05. The van der Waals surface area contributed by atoms with Crippen molar-refractivity contribution in [3.8, 4) is 0 Å². The van der Waals surface area contributed by atoms with Crippen LogP contribution in [-0.2, 0) is 66.5 Å². The first-order valence-electron chi connectivity index (χ1n) is 25.2. The Morgan fingerprint density at radius 3 is 2.33 bits per heavy atom. The van der Waals surface area contributed by atoms with Gasteiger partial charge in [0.05, 0.1) is 67.7 Å². The normalized spacial score (nSPS) is 45.4. The minimum Gasteiger partial charge on any atom is -0.481 e. The third-order valence-electron chi connectivity index (χ3n) is 15.7. The molecule has 0 radical (unpaired) electrons. The van der Waals surface area contributed by atoms with Gasteiger partial charge in [-0.25, -0.2) is 4.79 Å². The molecule has 6 aliphatic heterocycles. The zero-order chi connectivity index (χ0) is 49.9. The van der Waals surface area contributed by atoms with Crippen molar-refractivity contribution in [2.75, 3.05) is 20.8 Å². The zero-order valence-electron chi connectivity index (χ0n) is 42.1. The number of carboxylic acids is 1. The molecule has 1 aliphatic carbocycles. The number of aliphatic hydroxyl groups is 2. The second-order valence-corrected chi connectivity index (χ2v) is 20.7. The van der Waals surface area contributed by atoms with Crippen LogP contribution in [0.1, 0.15) is 120 Å². The number of carbonyl (C=O) groups is 3. The molecule has 69 heavy (non-hydrogen) atoms. The number of aliphatic carboxylic acids is 1. The maximum absolute atomic E-state index is 14.7. The van der Waals surface area contributed by atoms with Gasteiger partial charge in [-0.1, -0.05) is 71.4 Å². The molecule has 17 heteroatoms. The Hall–Kier alpha value is -3.07. The van der Waals surface area contributed by atoms with Crippen molar-refractivity contribution in [1.29, 1.82) is 0 Å². The average Bonchev–Trinajstić information content (AvgIpc) is 3.65. The van der Waals surface area contributed by atoms with Gasteiger partial charge in [0.25, 0.3) is 0 Å². The summed E-state index contributed by atoms with van der Waals surface area (Å²) in [5.41, 5.74) is -0.779. The summed E-state index contributed by atoms with van der Waals surface area (Å²) in [4.78, 5) is 38.9. The first-order chi connectivity index (χ1) is 32.8. The lowest BCUT2D eigenvalue weighted by atomic mass is 9.72. The van der Waals surface area contributed by atoms with Crippen molar-refractivity contribution in [3.63, 3.8) is 0 Å². The number of methoxy groups -OCH3 is 2. The molecule has 17 nitrogen and oxygen atoms in total. The molecule has 5 fully saturated rings. The quantitative estimate of drug-likeness (QED) is 0.151. The van der Waals surface area contributed by atoms with Crippen molar-refractivity contribution < 1.29 is 81.8 Å². The van der Waals surface area contributed by atoms with Crippen LogP contribution in [0.4, 0.5) is 0 Å². The second kappa shape index (κ2) is 22.8. The Kier molecular flexibility index (Phi) is 17.7. The molecule has 7 rings (SSSR count). The van der Waals surface area contributed by atoms with Crippen LogP contribution < -0.4 is 0 Å². The number of carboxylic acid groups (broad SMARTS) is 1. The van der Waals surface area contributed by atoms with Crippen LogP contribution in [0, 0.1) is 23.7 Å². The molecule has 3 N–H and O–H groups in total. The molecule has 6 heterocycles. The van der Waals surface area contributed by atoms with Crippen molar-refractivity contribution in [3.05, 3.63) is 47.1 Å². The predicted octanol–water partition coefficient (Wildman–Crippen LogP) is 6.02. The van der Waals surface area contributed by atoms with Gasteiger partial charge < -0.3 is 67.4 Å². The summed E-state index contributed by atoms with van der Waals surface area (Å²) < 4.78 is 70.1. The highest BCUT2D eigenvalue weighted by molar-refractivity contribution is 5.93. The summed E-state index contributed by atoms with van der Waals surface area (Å²) in [5, 5.41) is 32.7. The summed E-state index contributed by atoms with van der Waals surface area (Å²) in [7, 11) is 3.19. The molecule has 0 aromatic carbocycles. The van der Waals surface area contributed by atoms with E-state index in [1.807, 2.05) is 26.8 Å². The Labute approximate surface area is 407 Å². The Morgan fingerprint density at radius 1 is 0.913 bits per heavy atom. The fourth-order valence-electron chi connectivity index (χ4n) is 11.5. The van der Waals surface area contributed by atoms with Gasteiger partial charge in [-0.2, -0.15) is 0 Å². The van der Waals surface area contributed by atoms with Crippen LogP contribution >= 0.6 is 0 Å². The number of rotatable bonds is 12. The molecular weight excluding hydrogens is 897 g/mol. The van der Waals surface area contributed by atoms with E-state index in [1.54, 1.807) is 46.3 Å². The smallest absolute Gasteiger partial charge is 0.337 e. The first-order valence-corrected chi connectivity index (χ1v) is 25.2. The lowest BCUT2D eigenvalue weighted by Gasteiger charge is -2.51. The first kappa shape index (κ1) is 53.7. The number of hydrogen-bond acceptors (Lipinski definition) is 16. The van der Waals surface area contributed by atoms with E-state index in [9.17, 15) is 29.7 Å². The molecule has 388 valence electrons. The summed E-state index contributed by atoms with van der Waals surface area (Å²) in [6, 6.07) is 0. The molecule has 0 amide bonds. The van der Waals surface area contributed by atoms with Crippen molar-refractivity contribution in [2.45, 2.75) is 217 Å². The second-order valence-electron chi connectivity index (χ2n) is 20.7. The SMILES string of the molecule is CC[C@H](C)[C@H]1O[C@]2(CC[C@@H]1C)C[C@@H]1C[C@@H](C/C=C(\C)[C@@H](O[C@H]3C[C@H](OC)[C@@H](O[C@H]4C[C@H](OC)[C@@H](O)[C@H](C)O4)[C@H](C)O3)[C@@H](C)/C=C/C=C3\CO[C@@H]4[C@H](OC(=O)CCC(=O)O)C(C)C=C(C(=O)O1)[C@]34O)O2. The van der Waals surface area contributed by atoms with Crippen molar-refractivity contribution in [2.24, 2.45) is 23.7 Å². The highest BCUT2D eigenvalue weighted by Crippen LogP contribution is 2.48. The lowest BCUT2D eigenvalue weighted by molar-refractivity contribution is -0.340. The van der Waals surface area contributed by atoms with Crippen LogP contribution in [0.5, 0.6) is 0 Å². The lowest BCUT2D eigenvalue weighted by Crippen LogP contribution is -2.57. The van der Waals surface area contributed by atoms with Crippen LogP contribution in [0.3, 0.4) is 0 Å². The number of aliphatic hydroxyl groups excluding tert-OH is 1. The van der Waals surface area contributed by atoms with Gasteiger partial charge in [-0.3, -0.25) is 9.59 Å².